The predicted octanol–water partition coefficient (Wildman–Crippen LogP) is 2.53. The van der Waals surface area contributed by atoms with Crippen LogP contribution in [0.5, 0.6) is 0 Å². The van der Waals surface area contributed by atoms with Gasteiger partial charge in [-0.25, -0.2) is 9.97 Å². The number of benzene rings is 1. The molecule has 0 aliphatic heterocycles. The van der Waals surface area contributed by atoms with Crippen LogP contribution in [0, 0.1) is 0 Å². The van der Waals surface area contributed by atoms with Gasteiger partial charge in [0, 0.05) is 31.4 Å². The van der Waals surface area contributed by atoms with Gasteiger partial charge in [0.05, 0.1) is 12.2 Å². The Hall–Kier alpha value is -2.40. The van der Waals surface area contributed by atoms with Crippen molar-refractivity contribution in [3.05, 3.63) is 58.9 Å². The first kappa shape index (κ1) is 16.0. The highest BCUT2D eigenvalue weighted by Crippen LogP contribution is 2.10. The van der Waals surface area contributed by atoms with E-state index in [-0.39, 0.29) is 5.91 Å². The van der Waals surface area contributed by atoms with Crippen LogP contribution in [0.2, 0.25) is 5.02 Å². The van der Waals surface area contributed by atoms with Crippen LogP contribution >= 0.6 is 11.6 Å². The standard InChI is InChI=1S/C16H17ClN4O/c1-21(2)16-18-10-9-14(20-16)11-19-15(22)8-5-12-3-6-13(17)7-4-12/h3-10H,11H2,1-2H3,(H,19,22)/b8-5+. The molecule has 0 aliphatic rings. The quantitative estimate of drug-likeness (QED) is 0.861. The Morgan fingerprint density at radius 2 is 2.00 bits per heavy atom. The lowest BCUT2D eigenvalue weighted by atomic mass is 10.2. The summed E-state index contributed by atoms with van der Waals surface area (Å²) in [4.78, 5) is 22.1. The Balaban J connectivity index is 1.90. The number of rotatable bonds is 5. The Kier molecular flexibility index (Phi) is 5.49. The number of aromatic nitrogens is 2. The molecule has 1 aromatic carbocycles. The van der Waals surface area contributed by atoms with E-state index in [1.165, 1.54) is 6.08 Å². The molecular formula is C16H17ClN4O. The van der Waals surface area contributed by atoms with Gasteiger partial charge in [0.15, 0.2) is 0 Å². The van der Waals surface area contributed by atoms with E-state index >= 15 is 0 Å². The molecule has 5 nitrogen and oxygen atoms in total. The monoisotopic (exact) mass is 316 g/mol. The number of amides is 1. The van der Waals surface area contributed by atoms with E-state index < -0.39 is 0 Å². The summed E-state index contributed by atoms with van der Waals surface area (Å²) in [5, 5.41) is 3.45. The molecule has 1 aromatic heterocycles. The SMILES string of the molecule is CN(C)c1nccc(CNC(=O)/C=C/c2ccc(Cl)cc2)n1. The Labute approximate surface area is 134 Å². The summed E-state index contributed by atoms with van der Waals surface area (Å²) in [6, 6.07) is 9.03. The van der Waals surface area contributed by atoms with E-state index in [4.69, 9.17) is 11.6 Å². The first-order valence-corrected chi connectivity index (χ1v) is 7.13. The molecule has 0 saturated heterocycles. The number of halogens is 1. The molecule has 0 aliphatic carbocycles. The lowest BCUT2D eigenvalue weighted by Crippen LogP contribution is -2.22. The molecule has 114 valence electrons. The highest BCUT2D eigenvalue weighted by atomic mass is 35.5. The van der Waals surface area contributed by atoms with Crippen LogP contribution in [0.25, 0.3) is 6.08 Å². The van der Waals surface area contributed by atoms with Crippen molar-refractivity contribution in [1.29, 1.82) is 0 Å². The van der Waals surface area contributed by atoms with Crippen molar-refractivity contribution < 1.29 is 4.79 Å². The van der Waals surface area contributed by atoms with Gasteiger partial charge in [-0.1, -0.05) is 23.7 Å². The normalized spacial score (nSPS) is 10.7. The van der Waals surface area contributed by atoms with Gasteiger partial charge in [-0.2, -0.15) is 0 Å². The maximum atomic E-state index is 11.8. The predicted molar refractivity (Wildman–Crippen MR) is 88.7 cm³/mol. The smallest absolute Gasteiger partial charge is 0.244 e. The minimum absolute atomic E-state index is 0.181. The minimum atomic E-state index is -0.181. The zero-order chi connectivity index (χ0) is 15.9. The third kappa shape index (κ3) is 4.86. The van der Waals surface area contributed by atoms with E-state index in [2.05, 4.69) is 15.3 Å². The van der Waals surface area contributed by atoms with Crippen molar-refractivity contribution >= 4 is 29.5 Å². The van der Waals surface area contributed by atoms with Crippen LogP contribution in [0.15, 0.2) is 42.6 Å². The fraction of sp³-hybridized carbons (Fsp3) is 0.188. The van der Waals surface area contributed by atoms with Crippen molar-refractivity contribution in [2.45, 2.75) is 6.54 Å². The molecule has 0 spiro atoms. The van der Waals surface area contributed by atoms with Gasteiger partial charge in [-0.15, -0.1) is 0 Å². The lowest BCUT2D eigenvalue weighted by molar-refractivity contribution is -0.116. The molecular weight excluding hydrogens is 300 g/mol. The maximum Gasteiger partial charge on any atom is 0.244 e. The molecule has 1 N–H and O–H groups in total. The highest BCUT2D eigenvalue weighted by Gasteiger charge is 2.02. The largest absolute Gasteiger partial charge is 0.347 e. The number of nitrogens with zero attached hydrogens (tertiary/aromatic N) is 3. The molecule has 0 saturated carbocycles. The molecule has 0 radical (unpaired) electrons. The molecule has 1 heterocycles. The van der Waals surface area contributed by atoms with Crippen LogP contribution in [-0.4, -0.2) is 30.0 Å². The summed E-state index contributed by atoms with van der Waals surface area (Å²) >= 11 is 5.81. The maximum absolute atomic E-state index is 11.8. The number of hydrogen-bond donors (Lipinski definition) is 1. The number of carbonyl (C=O) groups excluding carboxylic acids is 1. The third-order valence-corrected chi connectivity index (χ3v) is 3.09. The molecule has 2 aromatic rings. The molecule has 1 amide bonds. The van der Waals surface area contributed by atoms with Gasteiger partial charge in [0.25, 0.3) is 0 Å². The number of carbonyl (C=O) groups is 1. The molecule has 0 unspecified atom stereocenters. The average Bonchev–Trinajstić information content (AvgIpc) is 2.52. The van der Waals surface area contributed by atoms with Gasteiger partial charge < -0.3 is 10.2 Å². The van der Waals surface area contributed by atoms with Crippen molar-refractivity contribution in [3.8, 4) is 0 Å². The second-order valence-electron chi connectivity index (χ2n) is 4.85. The molecule has 2 rings (SSSR count). The minimum Gasteiger partial charge on any atom is -0.347 e. The average molecular weight is 317 g/mol. The van der Waals surface area contributed by atoms with Crippen LogP contribution < -0.4 is 10.2 Å². The van der Waals surface area contributed by atoms with Crippen molar-refractivity contribution in [2.24, 2.45) is 0 Å². The third-order valence-electron chi connectivity index (χ3n) is 2.84. The number of anilines is 1. The number of nitrogens with one attached hydrogen (secondary N) is 1. The molecule has 22 heavy (non-hydrogen) atoms. The van der Waals surface area contributed by atoms with Crippen LogP contribution in [-0.2, 0) is 11.3 Å². The summed E-state index contributed by atoms with van der Waals surface area (Å²) in [5.74, 6) is 0.434. The lowest BCUT2D eigenvalue weighted by Gasteiger charge is -2.10. The van der Waals surface area contributed by atoms with E-state index in [1.807, 2.05) is 31.1 Å². The summed E-state index contributed by atoms with van der Waals surface area (Å²) in [6.07, 6.45) is 4.89. The summed E-state index contributed by atoms with van der Waals surface area (Å²) in [6.45, 7) is 0.354. The highest BCUT2D eigenvalue weighted by molar-refractivity contribution is 6.30. The fourth-order valence-electron chi connectivity index (χ4n) is 1.68. The van der Waals surface area contributed by atoms with E-state index in [0.717, 1.165) is 11.3 Å². The van der Waals surface area contributed by atoms with Crippen molar-refractivity contribution in [1.82, 2.24) is 15.3 Å². The van der Waals surface area contributed by atoms with Crippen molar-refractivity contribution in [2.75, 3.05) is 19.0 Å². The van der Waals surface area contributed by atoms with Gasteiger partial charge in [-0.05, 0) is 29.8 Å². The second kappa shape index (κ2) is 7.56. The van der Waals surface area contributed by atoms with E-state index in [9.17, 15) is 4.79 Å². The van der Waals surface area contributed by atoms with Crippen molar-refractivity contribution in [3.63, 3.8) is 0 Å². The van der Waals surface area contributed by atoms with Gasteiger partial charge in [-0.3, -0.25) is 4.79 Å². The molecule has 6 heteroatoms. The van der Waals surface area contributed by atoms with Gasteiger partial charge >= 0.3 is 0 Å². The summed E-state index contributed by atoms with van der Waals surface area (Å²) in [7, 11) is 3.74. The topological polar surface area (TPSA) is 58.1 Å². The zero-order valence-corrected chi connectivity index (χ0v) is 13.2. The second-order valence-corrected chi connectivity index (χ2v) is 5.28. The van der Waals surface area contributed by atoms with Gasteiger partial charge in [0.2, 0.25) is 11.9 Å². The van der Waals surface area contributed by atoms with E-state index in [1.54, 1.807) is 30.5 Å². The Morgan fingerprint density at radius 3 is 2.68 bits per heavy atom. The van der Waals surface area contributed by atoms with Crippen LogP contribution in [0.1, 0.15) is 11.3 Å². The number of hydrogen-bond acceptors (Lipinski definition) is 4. The summed E-state index contributed by atoms with van der Waals surface area (Å²) < 4.78 is 0. The van der Waals surface area contributed by atoms with Crippen LogP contribution in [0.3, 0.4) is 0 Å². The first-order chi connectivity index (χ1) is 10.5. The zero-order valence-electron chi connectivity index (χ0n) is 12.5. The molecule has 0 fully saturated rings. The molecule has 0 atom stereocenters. The van der Waals surface area contributed by atoms with E-state index in [0.29, 0.717) is 17.5 Å². The summed E-state index contributed by atoms with van der Waals surface area (Å²) in [5.41, 5.74) is 1.67. The fourth-order valence-corrected chi connectivity index (χ4v) is 1.81. The Morgan fingerprint density at radius 1 is 1.27 bits per heavy atom. The first-order valence-electron chi connectivity index (χ1n) is 6.75. The molecule has 0 bridgehead atoms. The van der Waals surface area contributed by atoms with Crippen LogP contribution in [0.4, 0.5) is 5.95 Å². The van der Waals surface area contributed by atoms with Gasteiger partial charge in [0.1, 0.15) is 0 Å². The Bertz CT molecular complexity index is 668.